The van der Waals surface area contributed by atoms with Crippen molar-refractivity contribution in [1.82, 2.24) is 10.2 Å². The summed E-state index contributed by atoms with van der Waals surface area (Å²) in [5.74, 6) is -0.532. The fourth-order valence-corrected chi connectivity index (χ4v) is 2.05. The van der Waals surface area contributed by atoms with Gasteiger partial charge in [0, 0.05) is 5.56 Å². The number of aromatic nitrogens is 2. The Hall–Kier alpha value is -1.64. The van der Waals surface area contributed by atoms with Gasteiger partial charge >= 0.3 is 13.1 Å². The molecule has 7 nitrogen and oxygen atoms in total. The number of nitrogens with one attached hydrogen (secondary N) is 1. The SMILES string of the molecule is COC(=O)c1[nH]ncc1C=C(CO)B1OC(C)(C)C(C)(C)O1. The van der Waals surface area contributed by atoms with Gasteiger partial charge in [-0.05, 0) is 33.2 Å². The summed E-state index contributed by atoms with van der Waals surface area (Å²) in [5.41, 5.74) is 0.210. The number of aliphatic hydroxyl groups is 1. The number of ether oxygens (including phenoxy) is 1. The Bertz CT molecular complexity index is 578. The van der Waals surface area contributed by atoms with E-state index < -0.39 is 24.3 Å². The third-order valence-electron chi connectivity index (χ3n) is 4.14. The molecule has 1 fully saturated rings. The van der Waals surface area contributed by atoms with Crippen molar-refractivity contribution in [2.75, 3.05) is 13.7 Å². The molecule has 0 unspecified atom stereocenters. The summed E-state index contributed by atoms with van der Waals surface area (Å²) in [7, 11) is 0.605. The summed E-state index contributed by atoms with van der Waals surface area (Å²) in [6.45, 7) is 7.46. The fraction of sp³-hybridized carbons (Fsp3) is 0.571. The molecule has 0 saturated carbocycles. The first-order chi connectivity index (χ1) is 10.2. The van der Waals surface area contributed by atoms with Crippen LogP contribution in [0.4, 0.5) is 0 Å². The number of nitrogens with zero attached hydrogens (tertiary/aromatic N) is 1. The Morgan fingerprint density at radius 2 is 2.00 bits per heavy atom. The van der Waals surface area contributed by atoms with Crippen molar-refractivity contribution in [3.63, 3.8) is 0 Å². The summed E-state index contributed by atoms with van der Waals surface area (Å²) in [5, 5.41) is 16.0. The molecule has 1 aliphatic heterocycles. The third kappa shape index (κ3) is 2.94. The van der Waals surface area contributed by atoms with Crippen LogP contribution in [0.2, 0.25) is 0 Å². The molecule has 0 aromatic carbocycles. The van der Waals surface area contributed by atoms with Crippen LogP contribution < -0.4 is 0 Å². The van der Waals surface area contributed by atoms with Crippen molar-refractivity contribution in [2.45, 2.75) is 38.9 Å². The number of methoxy groups -OCH3 is 1. The van der Waals surface area contributed by atoms with Crippen LogP contribution in [0, 0.1) is 0 Å². The first-order valence-corrected chi connectivity index (χ1v) is 7.00. The lowest BCUT2D eigenvalue weighted by atomic mass is 9.77. The normalized spacial score (nSPS) is 20.3. The highest BCUT2D eigenvalue weighted by Gasteiger charge is 2.52. The van der Waals surface area contributed by atoms with E-state index in [9.17, 15) is 9.90 Å². The second-order valence-electron chi connectivity index (χ2n) is 6.16. The largest absolute Gasteiger partial charge is 0.492 e. The number of hydrogen-bond donors (Lipinski definition) is 2. The second kappa shape index (κ2) is 5.87. The molecule has 0 aliphatic carbocycles. The van der Waals surface area contributed by atoms with Crippen molar-refractivity contribution >= 4 is 19.2 Å². The molecule has 0 atom stereocenters. The summed E-state index contributed by atoms with van der Waals surface area (Å²) in [6, 6.07) is 0. The molecule has 22 heavy (non-hydrogen) atoms. The molecular formula is C14H21BN2O5. The maximum atomic E-state index is 11.6. The van der Waals surface area contributed by atoms with E-state index in [2.05, 4.69) is 14.9 Å². The molecule has 2 N–H and O–H groups in total. The Labute approximate surface area is 129 Å². The van der Waals surface area contributed by atoms with Gasteiger partial charge in [-0.3, -0.25) is 5.10 Å². The van der Waals surface area contributed by atoms with Crippen molar-refractivity contribution < 1.29 is 23.9 Å². The lowest BCUT2D eigenvalue weighted by Crippen LogP contribution is -2.41. The molecule has 0 radical (unpaired) electrons. The van der Waals surface area contributed by atoms with Crippen molar-refractivity contribution in [1.29, 1.82) is 0 Å². The number of hydrogen-bond acceptors (Lipinski definition) is 6. The van der Waals surface area contributed by atoms with Crippen LogP contribution in [0.3, 0.4) is 0 Å². The molecule has 0 spiro atoms. The molecule has 0 bridgehead atoms. The number of carbonyl (C=O) groups is 1. The van der Waals surface area contributed by atoms with E-state index in [1.165, 1.54) is 13.3 Å². The molecule has 2 rings (SSSR count). The Balaban J connectivity index is 2.30. The van der Waals surface area contributed by atoms with Crippen LogP contribution in [0.5, 0.6) is 0 Å². The molecule has 1 aromatic heterocycles. The van der Waals surface area contributed by atoms with Crippen LogP contribution in [-0.2, 0) is 14.0 Å². The van der Waals surface area contributed by atoms with Crippen LogP contribution in [0.15, 0.2) is 11.7 Å². The van der Waals surface area contributed by atoms with Gasteiger partial charge in [-0.2, -0.15) is 5.10 Å². The summed E-state index contributed by atoms with van der Waals surface area (Å²) in [4.78, 5) is 11.6. The molecule has 1 aromatic rings. The molecule has 1 aliphatic rings. The first-order valence-electron chi connectivity index (χ1n) is 7.00. The van der Waals surface area contributed by atoms with Crippen molar-refractivity contribution in [2.24, 2.45) is 0 Å². The van der Waals surface area contributed by atoms with Gasteiger partial charge in [-0.25, -0.2) is 4.79 Å². The number of carbonyl (C=O) groups excluding carboxylic acids is 1. The van der Waals surface area contributed by atoms with Crippen LogP contribution >= 0.6 is 0 Å². The molecule has 1 saturated heterocycles. The smallest absolute Gasteiger partial charge is 0.464 e. The molecular weight excluding hydrogens is 287 g/mol. The van der Waals surface area contributed by atoms with E-state index >= 15 is 0 Å². The Morgan fingerprint density at radius 3 is 2.50 bits per heavy atom. The van der Waals surface area contributed by atoms with Crippen LogP contribution in [-0.4, -0.2) is 53.3 Å². The fourth-order valence-electron chi connectivity index (χ4n) is 2.05. The molecule has 0 amide bonds. The number of rotatable bonds is 4. The van der Waals surface area contributed by atoms with Crippen LogP contribution in [0.1, 0.15) is 43.7 Å². The molecule has 120 valence electrons. The van der Waals surface area contributed by atoms with Gasteiger partial charge in [0.1, 0.15) is 0 Å². The topological polar surface area (TPSA) is 93.7 Å². The maximum absolute atomic E-state index is 11.6. The number of esters is 1. The Morgan fingerprint density at radius 1 is 1.41 bits per heavy atom. The van der Waals surface area contributed by atoms with Gasteiger partial charge in [0.15, 0.2) is 5.69 Å². The number of aromatic amines is 1. The highest BCUT2D eigenvalue weighted by molar-refractivity contribution is 6.55. The first kappa shape index (κ1) is 16.7. The number of H-pyrrole nitrogens is 1. The van der Waals surface area contributed by atoms with Gasteiger partial charge in [0.05, 0.1) is 31.1 Å². The minimum atomic E-state index is -0.685. The van der Waals surface area contributed by atoms with E-state index in [4.69, 9.17) is 9.31 Å². The average molecular weight is 308 g/mol. The highest BCUT2D eigenvalue weighted by Crippen LogP contribution is 2.38. The van der Waals surface area contributed by atoms with Gasteiger partial charge in [-0.15, -0.1) is 0 Å². The van der Waals surface area contributed by atoms with Gasteiger partial charge in [-0.1, -0.05) is 6.08 Å². The predicted molar refractivity (Wildman–Crippen MR) is 81.1 cm³/mol. The maximum Gasteiger partial charge on any atom is 0.492 e. The average Bonchev–Trinajstić information content (AvgIpc) is 2.97. The minimum Gasteiger partial charge on any atom is -0.464 e. The van der Waals surface area contributed by atoms with Gasteiger partial charge in [0.2, 0.25) is 0 Å². The van der Waals surface area contributed by atoms with Gasteiger partial charge < -0.3 is 19.2 Å². The van der Waals surface area contributed by atoms with E-state index in [-0.39, 0.29) is 12.3 Å². The Kier molecular flexibility index (Phi) is 4.46. The quantitative estimate of drug-likeness (QED) is 0.641. The zero-order valence-corrected chi connectivity index (χ0v) is 13.5. The summed E-state index contributed by atoms with van der Waals surface area (Å²) in [6.07, 6.45) is 3.10. The van der Waals surface area contributed by atoms with Crippen molar-refractivity contribution in [3.8, 4) is 0 Å². The number of aliphatic hydroxyl groups excluding tert-OH is 1. The van der Waals surface area contributed by atoms with E-state index in [1.54, 1.807) is 6.08 Å². The molecule has 8 heteroatoms. The second-order valence-corrected chi connectivity index (χ2v) is 6.16. The zero-order valence-electron chi connectivity index (χ0n) is 13.5. The molecule has 2 heterocycles. The van der Waals surface area contributed by atoms with Gasteiger partial charge in [0.25, 0.3) is 0 Å². The predicted octanol–water partition coefficient (Wildman–Crippen LogP) is 1.20. The van der Waals surface area contributed by atoms with E-state index in [0.29, 0.717) is 11.0 Å². The standard InChI is InChI=1S/C14H21BN2O5/c1-13(2)14(3,4)22-15(21-13)10(8-18)6-9-7-16-17-11(9)12(19)20-5/h6-7,18H,8H2,1-5H3,(H,16,17). The summed E-state index contributed by atoms with van der Waals surface area (Å²) < 4.78 is 16.5. The lowest BCUT2D eigenvalue weighted by molar-refractivity contribution is 0.00578. The van der Waals surface area contributed by atoms with E-state index in [1.807, 2.05) is 27.7 Å². The van der Waals surface area contributed by atoms with E-state index in [0.717, 1.165) is 0 Å². The van der Waals surface area contributed by atoms with Crippen LogP contribution in [0.25, 0.3) is 6.08 Å². The van der Waals surface area contributed by atoms with Crippen molar-refractivity contribution in [3.05, 3.63) is 22.9 Å². The lowest BCUT2D eigenvalue weighted by Gasteiger charge is -2.32. The monoisotopic (exact) mass is 308 g/mol. The third-order valence-corrected chi connectivity index (χ3v) is 4.14. The summed E-state index contributed by atoms with van der Waals surface area (Å²) >= 11 is 0. The highest BCUT2D eigenvalue weighted by atomic mass is 16.7. The minimum absolute atomic E-state index is 0.213. The zero-order chi connectivity index (χ0) is 16.5.